The van der Waals surface area contributed by atoms with Gasteiger partial charge in [0, 0.05) is 6.07 Å². The van der Waals surface area contributed by atoms with Crippen molar-refractivity contribution >= 4 is 21.5 Å². The first-order chi connectivity index (χ1) is 15.9. The lowest BCUT2D eigenvalue weighted by molar-refractivity contribution is -0.387. The van der Waals surface area contributed by atoms with Crippen molar-refractivity contribution in [3.05, 3.63) is 119 Å². The van der Waals surface area contributed by atoms with Gasteiger partial charge in [-0.25, -0.2) is 13.2 Å². The smallest absolute Gasteiger partial charge is 0.344 e. The lowest BCUT2D eigenvalue weighted by Gasteiger charge is -2.11. The molecule has 164 valence electrons. The molecular formula is C25H17NO6S. The molecule has 0 saturated carbocycles. The molecule has 0 bridgehead atoms. The first-order valence-corrected chi connectivity index (χ1v) is 11.3. The largest absolute Gasteiger partial charge is 0.423 e. The van der Waals surface area contributed by atoms with Gasteiger partial charge in [0.15, 0.2) is 0 Å². The molecule has 0 aliphatic rings. The summed E-state index contributed by atoms with van der Waals surface area (Å²) >= 11 is 0. The van der Waals surface area contributed by atoms with Crippen molar-refractivity contribution < 1.29 is 22.9 Å². The van der Waals surface area contributed by atoms with Crippen molar-refractivity contribution in [3.8, 4) is 16.9 Å². The van der Waals surface area contributed by atoms with Gasteiger partial charge in [0.2, 0.25) is 9.84 Å². The highest BCUT2D eigenvalue weighted by molar-refractivity contribution is 7.91. The van der Waals surface area contributed by atoms with Crippen LogP contribution in [0.2, 0.25) is 0 Å². The molecule has 0 N–H and O–H groups in total. The van der Waals surface area contributed by atoms with Gasteiger partial charge >= 0.3 is 5.97 Å². The minimum atomic E-state index is -4.37. The maximum Gasteiger partial charge on any atom is 0.344 e. The second-order valence-corrected chi connectivity index (χ2v) is 8.89. The van der Waals surface area contributed by atoms with Gasteiger partial charge in [-0.15, -0.1) is 0 Å². The van der Waals surface area contributed by atoms with Crippen LogP contribution in [0.25, 0.3) is 11.1 Å². The SMILES string of the molecule is O=C(Oc1ccc(-c2ccccc2)cc1)c1ccccc1S(=O)(=O)c1ccccc1[N+](=O)[O-]. The molecule has 0 unspecified atom stereocenters. The van der Waals surface area contributed by atoms with Gasteiger partial charge in [-0.3, -0.25) is 10.1 Å². The number of nitro groups is 1. The molecule has 0 aliphatic heterocycles. The molecule has 0 saturated heterocycles. The van der Waals surface area contributed by atoms with Crippen LogP contribution in [0.4, 0.5) is 5.69 Å². The topological polar surface area (TPSA) is 104 Å². The van der Waals surface area contributed by atoms with E-state index >= 15 is 0 Å². The summed E-state index contributed by atoms with van der Waals surface area (Å²) in [5.74, 6) is -0.655. The van der Waals surface area contributed by atoms with E-state index in [0.717, 1.165) is 23.3 Å². The highest BCUT2D eigenvalue weighted by atomic mass is 32.2. The quantitative estimate of drug-likeness (QED) is 0.167. The molecule has 33 heavy (non-hydrogen) atoms. The van der Waals surface area contributed by atoms with E-state index in [1.165, 1.54) is 36.4 Å². The fraction of sp³-hybridized carbons (Fsp3) is 0. The Bertz CT molecular complexity index is 1430. The summed E-state index contributed by atoms with van der Waals surface area (Å²) in [5.41, 5.74) is 1.13. The zero-order valence-corrected chi connectivity index (χ0v) is 17.9. The van der Waals surface area contributed by atoms with Crippen LogP contribution in [-0.2, 0) is 9.84 Å². The van der Waals surface area contributed by atoms with E-state index in [9.17, 15) is 23.3 Å². The number of sulfone groups is 1. The number of nitrogens with zero attached hydrogens (tertiary/aromatic N) is 1. The lowest BCUT2D eigenvalue weighted by Crippen LogP contribution is -2.15. The molecule has 4 aromatic rings. The Morgan fingerprint density at radius 3 is 1.91 bits per heavy atom. The Morgan fingerprint density at radius 2 is 1.24 bits per heavy atom. The number of benzene rings is 4. The average Bonchev–Trinajstić information content (AvgIpc) is 2.85. The van der Waals surface area contributed by atoms with E-state index in [4.69, 9.17) is 4.74 Å². The van der Waals surface area contributed by atoms with Crippen LogP contribution in [-0.4, -0.2) is 19.3 Å². The van der Waals surface area contributed by atoms with E-state index in [1.54, 1.807) is 24.3 Å². The van der Waals surface area contributed by atoms with E-state index in [2.05, 4.69) is 0 Å². The molecule has 4 rings (SSSR count). The summed E-state index contributed by atoms with van der Waals surface area (Å²) in [7, 11) is -4.37. The molecule has 0 aliphatic carbocycles. The molecule has 0 radical (unpaired) electrons. The number of hydrogen-bond donors (Lipinski definition) is 0. The predicted molar refractivity (Wildman–Crippen MR) is 122 cm³/mol. The summed E-state index contributed by atoms with van der Waals surface area (Å²) < 4.78 is 31.9. The van der Waals surface area contributed by atoms with E-state index in [0.29, 0.717) is 0 Å². The number of esters is 1. The van der Waals surface area contributed by atoms with Crippen molar-refractivity contribution in [1.82, 2.24) is 0 Å². The molecular weight excluding hydrogens is 442 g/mol. The monoisotopic (exact) mass is 459 g/mol. The number of hydrogen-bond acceptors (Lipinski definition) is 6. The van der Waals surface area contributed by atoms with E-state index in [-0.39, 0.29) is 16.2 Å². The van der Waals surface area contributed by atoms with Crippen LogP contribution in [0.3, 0.4) is 0 Å². The minimum Gasteiger partial charge on any atom is -0.423 e. The summed E-state index contributed by atoms with van der Waals surface area (Å²) in [6, 6.07) is 26.9. The molecule has 0 spiro atoms. The van der Waals surface area contributed by atoms with Crippen molar-refractivity contribution in [3.63, 3.8) is 0 Å². The number of carbonyl (C=O) groups excluding carboxylic acids is 1. The third kappa shape index (κ3) is 4.51. The van der Waals surface area contributed by atoms with Gasteiger partial charge in [0.1, 0.15) is 10.6 Å². The molecule has 7 nitrogen and oxygen atoms in total. The van der Waals surface area contributed by atoms with Crippen LogP contribution in [0.1, 0.15) is 10.4 Å². The molecule has 0 aromatic heterocycles. The standard InChI is InChI=1S/C25H17NO6S/c27-25(32-20-16-14-19(15-17-20)18-8-2-1-3-9-18)21-10-4-6-12-23(21)33(30,31)24-13-7-5-11-22(24)26(28)29/h1-17H. The van der Waals surface area contributed by atoms with Gasteiger partial charge in [-0.05, 0) is 41.5 Å². The number of rotatable bonds is 6. The number of ether oxygens (including phenoxy) is 1. The Hall–Kier alpha value is -4.30. The maximum atomic E-state index is 13.2. The number of para-hydroxylation sites is 1. The summed E-state index contributed by atoms with van der Waals surface area (Å²) in [6.07, 6.45) is 0. The van der Waals surface area contributed by atoms with Gasteiger partial charge in [0.05, 0.1) is 15.4 Å². The Labute approximate surface area is 190 Å². The van der Waals surface area contributed by atoms with Gasteiger partial charge in [0.25, 0.3) is 5.69 Å². The van der Waals surface area contributed by atoms with Crippen molar-refractivity contribution in [2.45, 2.75) is 9.79 Å². The highest BCUT2D eigenvalue weighted by Gasteiger charge is 2.31. The molecule has 0 fully saturated rings. The van der Waals surface area contributed by atoms with Crippen LogP contribution in [0, 0.1) is 10.1 Å². The molecule has 0 amide bonds. The first-order valence-electron chi connectivity index (χ1n) is 9.83. The Balaban J connectivity index is 1.65. The third-order valence-corrected chi connectivity index (χ3v) is 6.78. The zero-order valence-electron chi connectivity index (χ0n) is 17.1. The van der Waals surface area contributed by atoms with Crippen LogP contribution in [0.15, 0.2) is 113 Å². The average molecular weight is 459 g/mol. The normalized spacial score (nSPS) is 11.0. The van der Waals surface area contributed by atoms with Crippen molar-refractivity contribution in [2.75, 3.05) is 0 Å². The summed E-state index contributed by atoms with van der Waals surface area (Å²) in [4.78, 5) is 22.6. The molecule has 0 atom stereocenters. The van der Waals surface area contributed by atoms with Crippen LogP contribution in [0.5, 0.6) is 5.75 Å². The second-order valence-electron chi connectivity index (χ2n) is 7.00. The van der Waals surface area contributed by atoms with Crippen LogP contribution < -0.4 is 4.74 Å². The zero-order chi connectivity index (χ0) is 23.4. The fourth-order valence-electron chi connectivity index (χ4n) is 3.33. The van der Waals surface area contributed by atoms with Gasteiger partial charge in [-0.2, -0.15) is 0 Å². The van der Waals surface area contributed by atoms with Gasteiger partial charge < -0.3 is 4.74 Å². The predicted octanol–water partition coefficient (Wildman–Crippen LogP) is 5.31. The Kier molecular flexibility index (Phi) is 6.01. The van der Waals surface area contributed by atoms with E-state index < -0.39 is 31.3 Å². The van der Waals surface area contributed by atoms with Crippen LogP contribution >= 0.6 is 0 Å². The van der Waals surface area contributed by atoms with Gasteiger partial charge in [-0.1, -0.05) is 66.7 Å². The molecule has 8 heteroatoms. The Morgan fingerprint density at radius 1 is 0.697 bits per heavy atom. The highest BCUT2D eigenvalue weighted by Crippen LogP contribution is 2.31. The number of nitro benzene ring substituents is 1. The third-order valence-electron chi connectivity index (χ3n) is 4.92. The summed E-state index contributed by atoms with van der Waals surface area (Å²) in [5, 5.41) is 11.3. The molecule has 0 heterocycles. The fourth-order valence-corrected chi connectivity index (χ4v) is 4.94. The lowest BCUT2D eigenvalue weighted by atomic mass is 10.1. The first kappa shape index (κ1) is 21.9. The maximum absolute atomic E-state index is 13.2. The van der Waals surface area contributed by atoms with Crippen molar-refractivity contribution in [1.29, 1.82) is 0 Å². The molecule has 4 aromatic carbocycles. The number of carbonyl (C=O) groups is 1. The minimum absolute atomic E-state index is 0.220. The van der Waals surface area contributed by atoms with E-state index in [1.807, 2.05) is 30.3 Å². The van der Waals surface area contributed by atoms with Crippen molar-refractivity contribution in [2.24, 2.45) is 0 Å². The second kappa shape index (κ2) is 9.05. The summed E-state index contributed by atoms with van der Waals surface area (Å²) in [6.45, 7) is 0.